The van der Waals surface area contributed by atoms with Crippen molar-refractivity contribution in [2.45, 2.75) is 77.7 Å². The van der Waals surface area contributed by atoms with E-state index in [1.165, 1.54) is 51.4 Å². The van der Waals surface area contributed by atoms with Gasteiger partial charge in [-0.25, -0.2) is 0 Å². The van der Waals surface area contributed by atoms with E-state index < -0.39 is 0 Å². The maximum absolute atomic E-state index is 10.4. The van der Waals surface area contributed by atoms with Gasteiger partial charge in [0.25, 0.3) is 0 Å². The quantitative estimate of drug-likeness (QED) is 0.635. The van der Waals surface area contributed by atoms with Gasteiger partial charge < -0.3 is 5.11 Å². The Balaban J connectivity index is 1.64. The van der Waals surface area contributed by atoms with Crippen LogP contribution in [0.2, 0.25) is 0 Å². The number of rotatable bonds is 0. The van der Waals surface area contributed by atoms with Gasteiger partial charge in [0.05, 0.1) is 6.10 Å². The average molecular weight is 274 g/mol. The Morgan fingerprint density at radius 1 is 1.05 bits per heavy atom. The third kappa shape index (κ3) is 1.78. The minimum atomic E-state index is -0.0183. The lowest BCUT2D eigenvalue weighted by Crippen LogP contribution is -2.45. The molecule has 6 atom stereocenters. The third-order valence-electron chi connectivity index (χ3n) is 7.57. The van der Waals surface area contributed by atoms with Gasteiger partial charge in [-0.05, 0) is 86.9 Å². The Bertz CT molecular complexity index is 437. The van der Waals surface area contributed by atoms with Crippen LogP contribution in [0.1, 0.15) is 71.6 Å². The van der Waals surface area contributed by atoms with Crippen molar-refractivity contribution in [2.75, 3.05) is 0 Å². The molecule has 0 spiro atoms. The van der Waals surface area contributed by atoms with Gasteiger partial charge >= 0.3 is 0 Å². The summed E-state index contributed by atoms with van der Waals surface area (Å²) >= 11 is 0. The summed E-state index contributed by atoms with van der Waals surface area (Å²) in [6.07, 6.45) is 12.0. The van der Waals surface area contributed by atoms with Gasteiger partial charge in [0.2, 0.25) is 0 Å². The van der Waals surface area contributed by atoms with Crippen molar-refractivity contribution in [1.82, 2.24) is 0 Å². The molecule has 4 aliphatic carbocycles. The Morgan fingerprint density at radius 3 is 2.75 bits per heavy atom. The molecular weight excluding hydrogens is 244 g/mol. The van der Waals surface area contributed by atoms with Gasteiger partial charge in [-0.3, -0.25) is 0 Å². The SMILES string of the molecule is CC1CCC2=C(CCC3C2CC[C@]2(C)C(O)CCC32)C1. The smallest absolute Gasteiger partial charge is 0.0596 e. The molecule has 4 aliphatic rings. The molecule has 0 aromatic carbocycles. The number of fused-ring (bicyclic) bond motifs is 4. The maximum atomic E-state index is 10.4. The lowest BCUT2D eigenvalue weighted by molar-refractivity contribution is -0.0319. The van der Waals surface area contributed by atoms with Crippen molar-refractivity contribution >= 4 is 0 Å². The summed E-state index contributed by atoms with van der Waals surface area (Å²) in [5, 5.41) is 10.4. The van der Waals surface area contributed by atoms with Crippen molar-refractivity contribution in [3.05, 3.63) is 11.1 Å². The second-order valence-electron chi connectivity index (χ2n) is 8.53. The van der Waals surface area contributed by atoms with Gasteiger partial charge in [0.15, 0.2) is 0 Å². The number of hydrogen-bond donors (Lipinski definition) is 1. The second-order valence-corrected chi connectivity index (χ2v) is 8.53. The molecule has 0 aliphatic heterocycles. The van der Waals surface area contributed by atoms with Crippen molar-refractivity contribution in [2.24, 2.45) is 29.1 Å². The molecule has 5 unspecified atom stereocenters. The van der Waals surface area contributed by atoms with Crippen molar-refractivity contribution in [3.8, 4) is 0 Å². The summed E-state index contributed by atoms with van der Waals surface area (Å²) in [5.41, 5.74) is 4.00. The zero-order chi connectivity index (χ0) is 13.9. The first-order chi connectivity index (χ1) is 9.59. The van der Waals surface area contributed by atoms with Gasteiger partial charge in [0, 0.05) is 0 Å². The molecule has 0 radical (unpaired) electrons. The molecule has 1 nitrogen and oxygen atoms in total. The molecule has 0 heterocycles. The topological polar surface area (TPSA) is 20.2 Å². The van der Waals surface area contributed by atoms with E-state index in [2.05, 4.69) is 13.8 Å². The molecule has 112 valence electrons. The van der Waals surface area contributed by atoms with E-state index in [9.17, 15) is 5.11 Å². The summed E-state index contributed by atoms with van der Waals surface area (Å²) in [4.78, 5) is 0. The van der Waals surface area contributed by atoms with Crippen LogP contribution in [0.5, 0.6) is 0 Å². The highest BCUT2D eigenvalue weighted by Gasteiger charge is 2.54. The van der Waals surface area contributed by atoms with Crippen LogP contribution >= 0.6 is 0 Å². The number of hydrogen-bond acceptors (Lipinski definition) is 1. The van der Waals surface area contributed by atoms with Crippen LogP contribution in [0.3, 0.4) is 0 Å². The van der Waals surface area contributed by atoms with Gasteiger partial charge in [-0.1, -0.05) is 25.0 Å². The first kappa shape index (κ1) is 13.4. The zero-order valence-corrected chi connectivity index (χ0v) is 13.2. The van der Waals surface area contributed by atoms with Crippen LogP contribution in [-0.2, 0) is 0 Å². The maximum Gasteiger partial charge on any atom is 0.0596 e. The van der Waals surface area contributed by atoms with Gasteiger partial charge in [-0.15, -0.1) is 0 Å². The normalized spacial score (nSPS) is 51.5. The van der Waals surface area contributed by atoms with E-state index in [1.54, 1.807) is 0 Å². The summed E-state index contributed by atoms with van der Waals surface area (Å²) in [6.45, 7) is 4.82. The number of aliphatic hydroxyl groups excluding tert-OH is 1. The zero-order valence-electron chi connectivity index (χ0n) is 13.2. The molecule has 0 bridgehead atoms. The highest BCUT2D eigenvalue weighted by atomic mass is 16.3. The molecule has 4 rings (SSSR count). The minimum Gasteiger partial charge on any atom is -0.393 e. The fourth-order valence-electron chi connectivity index (χ4n) is 6.38. The molecule has 20 heavy (non-hydrogen) atoms. The highest BCUT2D eigenvalue weighted by Crippen LogP contribution is 2.61. The third-order valence-corrected chi connectivity index (χ3v) is 7.57. The molecule has 0 aromatic heterocycles. The van der Waals surface area contributed by atoms with Crippen LogP contribution in [0.4, 0.5) is 0 Å². The van der Waals surface area contributed by atoms with E-state index in [-0.39, 0.29) is 11.5 Å². The summed E-state index contributed by atoms with van der Waals surface area (Å²) < 4.78 is 0. The summed E-state index contributed by atoms with van der Waals surface area (Å²) in [5.74, 6) is 3.53. The standard InChI is InChI=1S/C19H30O/c1-12-3-5-14-13(11-12)4-6-16-15(14)9-10-19(2)17(16)7-8-18(19)20/h12,15-18,20H,3-11H2,1-2H3/t12?,15?,16?,17?,18?,19-/m0/s1. The van der Waals surface area contributed by atoms with Crippen LogP contribution in [0, 0.1) is 29.1 Å². The Morgan fingerprint density at radius 2 is 1.90 bits per heavy atom. The van der Waals surface area contributed by atoms with Gasteiger partial charge in [0.1, 0.15) is 0 Å². The molecule has 2 fully saturated rings. The van der Waals surface area contributed by atoms with Crippen molar-refractivity contribution < 1.29 is 5.11 Å². The fourth-order valence-corrected chi connectivity index (χ4v) is 6.38. The molecule has 1 N–H and O–H groups in total. The average Bonchev–Trinajstić information content (AvgIpc) is 2.74. The number of aliphatic hydroxyl groups is 1. The fraction of sp³-hybridized carbons (Fsp3) is 0.895. The molecule has 2 saturated carbocycles. The predicted molar refractivity (Wildman–Crippen MR) is 82.3 cm³/mol. The highest BCUT2D eigenvalue weighted by molar-refractivity contribution is 5.26. The van der Waals surface area contributed by atoms with Crippen LogP contribution in [0.25, 0.3) is 0 Å². The lowest BCUT2D eigenvalue weighted by Gasteiger charge is -2.51. The van der Waals surface area contributed by atoms with Crippen LogP contribution in [-0.4, -0.2) is 11.2 Å². The molecule has 0 saturated heterocycles. The van der Waals surface area contributed by atoms with Crippen molar-refractivity contribution in [3.63, 3.8) is 0 Å². The molecular formula is C19H30O. The first-order valence-electron chi connectivity index (χ1n) is 8.98. The lowest BCUT2D eigenvalue weighted by atomic mass is 9.54. The molecule has 1 heteroatoms. The summed E-state index contributed by atoms with van der Waals surface area (Å²) in [7, 11) is 0. The van der Waals surface area contributed by atoms with Crippen molar-refractivity contribution in [1.29, 1.82) is 0 Å². The van der Waals surface area contributed by atoms with Crippen LogP contribution in [0.15, 0.2) is 11.1 Å². The van der Waals surface area contributed by atoms with E-state index >= 15 is 0 Å². The van der Waals surface area contributed by atoms with E-state index in [0.29, 0.717) is 0 Å². The Hall–Kier alpha value is -0.300. The first-order valence-corrected chi connectivity index (χ1v) is 8.98. The Kier molecular flexibility index (Phi) is 3.07. The molecule has 0 aromatic rings. The monoisotopic (exact) mass is 274 g/mol. The van der Waals surface area contributed by atoms with E-state index in [0.717, 1.165) is 30.1 Å². The van der Waals surface area contributed by atoms with Gasteiger partial charge in [-0.2, -0.15) is 0 Å². The largest absolute Gasteiger partial charge is 0.393 e. The van der Waals surface area contributed by atoms with E-state index in [4.69, 9.17) is 0 Å². The molecule has 0 amide bonds. The Labute approximate surface area is 123 Å². The summed E-state index contributed by atoms with van der Waals surface area (Å²) in [6, 6.07) is 0. The van der Waals surface area contributed by atoms with Crippen LogP contribution < -0.4 is 0 Å². The predicted octanol–water partition coefficient (Wildman–Crippen LogP) is 4.70. The minimum absolute atomic E-state index is 0.0183. The van der Waals surface area contributed by atoms with E-state index in [1.807, 2.05) is 11.1 Å². The second kappa shape index (κ2) is 4.60. The number of allylic oxidation sites excluding steroid dienone is 2.